The molecule has 0 amide bonds. The van der Waals surface area contributed by atoms with Crippen molar-refractivity contribution in [2.45, 2.75) is 31.8 Å². The highest BCUT2D eigenvalue weighted by atomic mass is 35.5. The van der Waals surface area contributed by atoms with Gasteiger partial charge in [-0.1, -0.05) is 53.5 Å². The fourth-order valence-electron chi connectivity index (χ4n) is 2.24. The van der Waals surface area contributed by atoms with Gasteiger partial charge in [0, 0.05) is 10.0 Å². The summed E-state index contributed by atoms with van der Waals surface area (Å²) < 4.78 is 0. The van der Waals surface area contributed by atoms with Crippen LogP contribution in [0.2, 0.25) is 10.0 Å². The average Bonchev–Trinajstić information content (AvgIpc) is 2.44. The average molecular weight is 309 g/mol. The Labute approximate surface area is 130 Å². The zero-order valence-corrected chi connectivity index (χ0v) is 12.7. The molecule has 0 aliphatic carbocycles. The molecule has 2 rings (SSSR count). The summed E-state index contributed by atoms with van der Waals surface area (Å²) >= 11 is 12.0. The fourth-order valence-corrected chi connectivity index (χ4v) is 2.63. The van der Waals surface area contributed by atoms with E-state index in [1.165, 1.54) is 5.56 Å². The van der Waals surface area contributed by atoms with E-state index in [4.69, 9.17) is 23.2 Å². The van der Waals surface area contributed by atoms with Crippen LogP contribution >= 0.6 is 23.2 Å². The van der Waals surface area contributed by atoms with Gasteiger partial charge in [0.05, 0.1) is 6.10 Å². The minimum Gasteiger partial charge on any atom is -0.393 e. The quantitative estimate of drug-likeness (QED) is 0.803. The molecule has 0 aromatic heterocycles. The minimum atomic E-state index is -0.380. The minimum absolute atomic E-state index is 0.380. The zero-order valence-electron chi connectivity index (χ0n) is 11.2. The van der Waals surface area contributed by atoms with E-state index in [2.05, 4.69) is 12.1 Å². The normalized spacial score (nSPS) is 12.3. The maximum Gasteiger partial charge on any atom is 0.0581 e. The SMILES string of the molecule is OC(CCCc1ccccc1)Cc1cc(Cl)ccc1Cl. The number of aliphatic hydroxyl groups excluding tert-OH is 1. The number of aliphatic hydroxyl groups is 1. The Bertz CT molecular complexity index is 540. The molecule has 0 spiro atoms. The van der Waals surface area contributed by atoms with Gasteiger partial charge in [0.2, 0.25) is 0 Å². The van der Waals surface area contributed by atoms with Crippen LogP contribution in [-0.4, -0.2) is 11.2 Å². The van der Waals surface area contributed by atoms with Gasteiger partial charge in [0.25, 0.3) is 0 Å². The molecule has 0 aliphatic rings. The first kappa shape index (κ1) is 15.4. The summed E-state index contributed by atoms with van der Waals surface area (Å²) in [6.07, 6.45) is 2.88. The van der Waals surface area contributed by atoms with E-state index >= 15 is 0 Å². The molecule has 0 bridgehead atoms. The molecule has 3 heteroatoms. The van der Waals surface area contributed by atoms with Gasteiger partial charge in [0.15, 0.2) is 0 Å². The molecule has 0 heterocycles. The predicted octanol–water partition coefficient (Wildman–Crippen LogP) is 4.92. The summed E-state index contributed by atoms with van der Waals surface area (Å²) in [5.41, 5.74) is 2.21. The number of hydrogen-bond donors (Lipinski definition) is 1. The van der Waals surface area contributed by atoms with Crippen molar-refractivity contribution in [1.29, 1.82) is 0 Å². The first-order valence-electron chi connectivity index (χ1n) is 6.81. The van der Waals surface area contributed by atoms with Crippen LogP contribution in [0.15, 0.2) is 48.5 Å². The summed E-state index contributed by atoms with van der Waals surface area (Å²) in [7, 11) is 0. The van der Waals surface area contributed by atoms with E-state index in [9.17, 15) is 5.11 Å². The van der Waals surface area contributed by atoms with E-state index in [1.807, 2.05) is 24.3 Å². The molecule has 20 heavy (non-hydrogen) atoms. The van der Waals surface area contributed by atoms with Gasteiger partial charge in [-0.3, -0.25) is 0 Å². The van der Waals surface area contributed by atoms with E-state index in [0.717, 1.165) is 24.8 Å². The summed E-state index contributed by atoms with van der Waals surface area (Å²) in [6.45, 7) is 0. The molecule has 106 valence electrons. The summed E-state index contributed by atoms with van der Waals surface area (Å²) in [6, 6.07) is 15.7. The fraction of sp³-hybridized carbons (Fsp3) is 0.294. The standard InChI is InChI=1S/C17H18Cl2O/c18-15-9-10-17(19)14(11-15)12-16(20)8-4-7-13-5-2-1-3-6-13/h1-3,5-6,9-11,16,20H,4,7-8,12H2. The van der Waals surface area contributed by atoms with Crippen LogP contribution in [0.25, 0.3) is 0 Å². The highest BCUT2D eigenvalue weighted by Gasteiger charge is 2.09. The molecule has 2 aromatic carbocycles. The lowest BCUT2D eigenvalue weighted by Crippen LogP contribution is -2.11. The number of hydrogen-bond acceptors (Lipinski definition) is 1. The van der Waals surface area contributed by atoms with Crippen molar-refractivity contribution in [3.8, 4) is 0 Å². The van der Waals surface area contributed by atoms with Crippen molar-refractivity contribution >= 4 is 23.2 Å². The van der Waals surface area contributed by atoms with Crippen LogP contribution in [0.4, 0.5) is 0 Å². The Hall–Kier alpha value is -1.02. The van der Waals surface area contributed by atoms with Crippen LogP contribution in [0.1, 0.15) is 24.0 Å². The highest BCUT2D eigenvalue weighted by Crippen LogP contribution is 2.22. The van der Waals surface area contributed by atoms with Crippen molar-refractivity contribution in [2.24, 2.45) is 0 Å². The smallest absolute Gasteiger partial charge is 0.0581 e. The molecule has 1 atom stereocenters. The number of halogens is 2. The largest absolute Gasteiger partial charge is 0.393 e. The molecular weight excluding hydrogens is 291 g/mol. The van der Waals surface area contributed by atoms with Crippen LogP contribution in [-0.2, 0) is 12.8 Å². The van der Waals surface area contributed by atoms with Crippen molar-refractivity contribution < 1.29 is 5.11 Å². The van der Waals surface area contributed by atoms with E-state index in [-0.39, 0.29) is 6.10 Å². The van der Waals surface area contributed by atoms with Gasteiger partial charge in [-0.15, -0.1) is 0 Å². The third-order valence-electron chi connectivity index (χ3n) is 3.31. The Kier molecular flexibility index (Phi) is 5.90. The first-order chi connectivity index (χ1) is 9.65. The number of benzene rings is 2. The molecule has 0 fully saturated rings. The molecule has 0 saturated heterocycles. The Morgan fingerprint density at radius 3 is 2.50 bits per heavy atom. The van der Waals surface area contributed by atoms with E-state index in [0.29, 0.717) is 16.5 Å². The second-order valence-corrected chi connectivity index (χ2v) is 5.82. The van der Waals surface area contributed by atoms with Crippen molar-refractivity contribution in [1.82, 2.24) is 0 Å². The second kappa shape index (κ2) is 7.68. The molecule has 0 aliphatic heterocycles. The lowest BCUT2D eigenvalue weighted by Gasteiger charge is -2.12. The summed E-state index contributed by atoms with van der Waals surface area (Å²) in [4.78, 5) is 0. The van der Waals surface area contributed by atoms with Crippen LogP contribution in [0.5, 0.6) is 0 Å². The van der Waals surface area contributed by atoms with E-state index < -0.39 is 0 Å². The topological polar surface area (TPSA) is 20.2 Å². The Morgan fingerprint density at radius 1 is 1.00 bits per heavy atom. The maximum absolute atomic E-state index is 10.1. The Morgan fingerprint density at radius 2 is 1.75 bits per heavy atom. The van der Waals surface area contributed by atoms with Gasteiger partial charge < -0.3 is 5.11 Å². The lowest BCUT2D eigenvalue weighted by molar-refractivity contribution is 0.162. The maximum atomic E-state index is 10.1. The zero-order chi connectivity index (χ0) is 14.4. The summed E-state index contributed by atoms with van der Waals surface area (Å²) in [5.74, 6) is 0. The number of aryl methyl sites for hydroxylation is 1. The lowest BCUT2D eigenvalue weighted by atomic mass is 10.0. The van der Waals surface area contributed by atoms with Crippen LogP contribution in [0.3, 0.4) is 0 Å². The number of rotatable bonds is 6. The monoisotopic (exact) mass is 308 g/mol. The van der Waals surface area contributed by atoms with Crippen molar-refractivity contribution in [3.05, 3.63) is 69.7 Å². The van der Waals surface area contributed by atoms with Crippen LogP contribution in [0, 0.1) is 0 Å². The second-order valence-electron chi connectivity index (χ2n) is 4.97. The van der Waals surface area contributed by atoms with Crippen molar-refractivity contribution in [3.63, 3.8) is 0 Å². The van der Waals surface area contributed by atoms with E-state index in [1.54, 1.807) is 12.1 Å². The third kappa shape index (κ3) is 4.82. The van der Waals surface area contributed by atoms with Gasteiger partial charge in [0.1, 0.15) is 0 Å². The van der Waals surface area contributed by atoms with Crippen molar-refractivity contribution in [2.75, 3.05) is 0 Å². The molecular formula is C17H18Cl2O. The highest BCUT2D eigenvalue weighted by molar-refractivity contribution is 6.33. The third-order valence-corrected chi connectivity index (χ3v) is 3.91. The Balaban J connectivity index is 1.80. The molecule has 0 saturated carbocycles. The molecule has 2 aromatic rings. The van der Waals surface area contributed by atoms with Crippen LogP contribution < -0.4 is 0 Å². The summed E-state index contributed by atoms with van der Waals surface area (Å²) in [5, 5.41) is 11.4. The van der Waals surface area contributed by atoms with Gasteiger partial charge in [-0.2, -0.15) is 0 Å². The predicted molar refractivity (Wildman–Crippen MR) is 85.6 cm³/mol. The van der Waals surface area contributed by atoms with Gasteiger partial charge >= 0.3 is 0 Å². The first-order valence-corrected chi connectivity index (χ1v) is 7.56. The molecule has 0 radical (unpaired) electrons. The molecule has 1 unspecified atom stereocenters. The van der Waals surface area contributed by atoms with Gasteiger partial charge in [-0.25, -0.2) is 0 Å². The molecule has 1 nitrogen and oxygen atoms in total. The van der Waals surface area contributed by atoms with Gasteiger partial charge in [-0.05, 0) is 55.0 Å². The molecule has 1 N–H and O–H groups in total.